The number of hydrogen-bond donors (Lipinski definition) is 0. The van der Waals surface area contributed by atoms with E-state index in [1.165, 1.54) is 77.0 Å². The summed E-state index contributed by atoms with van der Waals surface area (Å²) in [5.74, 6) is 6.93. The van der Waals surface area contributed by atoms with Crippen molar-refractivity contribution in [1.29, 1.82) is 0 Å². The van der Waals surface area contributed by atoms with E-state index in [2.05, 4.69) is 62.3 Å². The van der Waals surface area contributed by atoms with Crippen LogP contribution in [0.15, 0.2) is 0 Å². The zero-order valence-electron chi connectivity index (χ0n) is 22.0. The topological polar surface area (TPSA) is 0 Å². The molecule has 0 N–H and O–H groups in total. The van der Waals surface area contributed by atoms with Gasteiger partial charge in [-0.2, -0.15) is 0 Å². The maximum atomic E-state index is 2.42. The van der Waals surface area contributed by atoms with Crippen LogP contribution >= 0.6 is 0 Å². The van der Waals surface area contributed by atoms with Crippen LogP contribution in [0.3, 0.4) is 0 Å². The van der Waals surface area contributed by atoms with E-state index in [9.17, 15) is 0 Å². The summed E-state index contributed by atoms with van der Waals surface area (Å²) in [6.07, 6.45) is 17.7. The molecule has 4 atom stereocenters. The van der Waals surface area contributed by atoms with E-state index in [0.717, 1.165) is 41.4 Å². The van der Waals surface area contributed by atoms with Gasteiger partial charge in [-0.25, -0.2) is 0 Å². The minimum Gasteiger partial charge on any atom is -0.0625 e. The molecule has 3 saturated carbocycles. The molecule has 4 unspecified atom stereocenters. The van der Waals surface area contributed by atoms with Crippen molar-refractivity contribution in [3.8, 4) is 0 Å². The van der Waals surface area contributed by atoms with Gasteiger partial charge < -0.3 is 0 Å². The summed E-state index contributed by atoms with van der Waals surface area (Å²) in [5.41, 5.74) is 0.556. The highest BCUT2D eigenvalue weighted by Gasteiger charge is 2.28. The van der Waals surface area contributed by atoms with Crippen LogP contribution in [-0.4, -0.2) is 0 Å². The first-order chi connectivity index (χ1) is 13.5. The zero-order valence-corrected chi connectivity index (χ0v) is 22.0. The fourth-order valence-electron chi connectivity index (χ4n) is 6.20. The van der Waals surface area contributed by atoms with Crippen molar-refractivity contribution in [2.75, 3.05) is 0 Å². The third-order valence-corrected chi connectivity index (χ3v) is 8.47. The summed E-state index contributed by atoms with van der Waals surface area (Å²) >= 11 is 0. The Morgan fingerprint density at radius 2 is 1.10 bits per heavy atom. The van der Waals surface area contributed by atoms with Gasteiger partial charge in [0, 0.05) is 0 Å². The van der Waals surface area contributed by atoms with E-state index < -0.39 is 0 Å². The van der Waals surface area contributed by atoms with Gasteiger partial charge in [-0.3, -0.25) is 0 Å². The minimum absolute atomic E-state index is 0.556. The third kappa shape index (κ3) is 11.3. The standard InChI is InChI=1S/C11H22.C10H20.C8H16/c1-9-5-7-10(8-6-9)11(2,3)4;1-8(2)10-7-5-4-6-9(10)3;1-7-4-3-5-8(2)6-7/h9-10H,5-8H2,1-4H3;8-10H,4-7H2,1-3H3;7-8H,3-6H2,1-2H3. The molecule has 3 rings (SSSR count). The Hall–Kier alpha value is 0. The van der Waals surface area contributed by atoms with Crippen molar-refractivity contribution < 1.29 is 0 Å². The maximum absolute atomic E-state index is 2.42. The zero-order chi connectivity index (χ0) is 22.0. The normalized spacial score (nSPS) is 35.8. The second-order valence-corrected chi connectivity index (χ2v) is 12.9. The number of hydrogen-bond acceptors (Lipinski definition) is 0. The molecule has 0 saturated heterocycles. The van der Waals surface area contributed by atoms with E-state index >= 15 is 0 Å². The van der Waals surface area contributed by atoms with E-state index in [-0.39, 0.29) is 0 Å². The van der Waals surface area contributed by atoms with Gasteiger partial charge in [-0.1, -0.05) is 114 Å². The highest BCUT2D eigenvalue weighted by atomic mass is 14.3. The third-order valence-electron chi connectivity index (χ3n) is 8.47. The molecule has 0 spiro atoms. The van der Waals surface area contributed by atoms with Crippen molar-refractivity contribution >= 4 is 0 Å². The Bertz CT molecular complexity index is 385. The van der Waals surface area contributed by atoms with E-state index in [1.807, 2.05) is 0 Å². The van der Waals surface area contributed by atoms with Crippen LogP contribution in [0.1, 0.15) is 139 Å². The minimum atomic E-state index is 0.556. The summed E-state index contributed by atoms with van der Waals surface area (Å²) < 4.78 is 0. The molecule has 0 nitrogen and oxygen atoms in total. The molecular formula is C29H58. The lowest BCUT2D eigenvalue weighted by molar-refractivity contribution is 0.155. The first-order valence-corrected chi connectivity index (χ1v) is 13.5. The molecule has 3 fully saturated rings. The molecule has 3 aliphatic rings. The molecule has 0 aliphatic heterocycles. The van der Waals surface area contributed by atoms with Crippen molar-refractivity contribution in [2.24, 2.45) is 46.8 Å². The first-order valence-electron chi connectivity index (χ1n) is 13.5. The summed E-state index contributed by atoms with van der Waals surface area (Å²) in [6, 6.07) is 0. The van der Waals surface area contributed by atoms with Gasteiger partial charge in [-0.05, 0) is 72.5 Å². The lowest BCUT2D eigenvalue weighted by Gasteiger charge is -2.35. The van der Waals surface area contributed by atoms with Crippen molar-refractivity contribution in [2.45, 2.75) is 139 Å². The van der Waals surface area contributed by atoms with Gasteiger partial charge in [0.2, 0.25) is 0 Å². The highest BCUT2D eigenvalue weighted by molar-refractivity contribution is 4.79. The van der Waals surface area contributed by atoms with Crippen molar-refractivity contribution in [1.82, 2.24) is 0 Å². The monoisotopic (exact) mass is 406 g/mol. The van der Waals surface area contributed by atoms with Gasteiger partial charge in [0.1, 0.15) is 0 Å². The highest BCUT2D eigenvalue weighted by Crippen LogP contribution is 2.39. The fraction of sp³-hybridized carbons (Fsp3) is 1.00. The molecule has 0 amide bonds. The Morgan fingerprint density at radius 3 is 1.45 bits per heavy atom. The predicted molar refractivity (Wildman–Crippen MR) is 133 cm³/mol. The maximum Gasteiger partial charge on any atom is -0.0354 e. The van der Waals surface area contributed by atoms with E-state index in [4.69, 9.17) is 0 Å². The smallest absolute Gasteiger partial charge is 0.0354 e. The van der Waals surface area contributed by atoms with Crippen LogP contribution < -0.4 is 0 Å². The predicted octanol–water partition coefficient (Wildman–Crippen LogP) is 10.2. The van der Waals surface area contributed by atoms with Crippen LogP contribution in [0.5, 0.6) is 0 Å². The molecule has 0 aromatic rings. The Labute approximate surface area is 186 Å². The van der Waals surface area contributed by atoms with E-state index in [1.54, 1.807) is 0 Å². The molecule has 0 radical (unpaired) electrons. The first kappa shape index (κ1) is 27.0. The molecule has 0 heterocycles. The lowest BCUT2D eigenvalue weighted by Crippen LogP contribution is -2.24. The largest absolute Gasteiger partial charge is 0.0625 e. The molecule has 3 aliphatic carbocycles. The second-order valence-electron chi connectivity index (χ2n) is 12.9. The Morgan fingerprint density at radius 1 is 0.586 bits per heavy atom. The fourth-order valence-corrected chi connectivity index (χ4v) is 6.20. The summed E-state index contributed by atoms with van der Waals surface area (Å²) in [4.78, 5) is 0. The van der Waals surface area contributed by atoms with Crippen LogP contribution in [0.25, 0.3) is 0 Å². The molecule has 29 heavy (non-hydrogen) atoms. The van der Waals surface area contributed by atoms with Gasteiger partial charge in [0.25, 0.3) is 0 Å². The van der Waals surface area contributed by atoms with E-state index in [0.29, 0.717) is 5.41 Å². The average Bonchev–Trinajstić information content (AvgIpc) is 2.62. The van der Waals surface area contributed by atoms with Gasteiger partial charge in [-0.15, -0.1) is 0 Å². The molecule has 174 valence electrons. The Balaban J connectivity index is 0.000000220. The van der Waals surface area contributed by atoms with Crippen LogP contribution in [-0.2, 0) is 0 Å². The molecule has 0 aromatic carbocycles. The van der Waals surface area contributed by atoms with Crippen molar-refractivity contribution in [3.05, 3.63) is 0 Å². The summed E-state index contributed by atoms with van der Waals surface area (Å²) in [5, 5.41) is 0. The molecular weight excluding hydrogens is 348 g/mol. The van der Waals surface area contributed by atoms with Crippen LogP contribution in [0.2, 0.25) is 0 Å². The average molecular weight is 407 g/mol. The van der Waals surface area contributed by atoms with Gasteiger partial charge in [0.15, 0.2) is 0 Å². The number of rotatable bonds is 1. The lowest BCUT2D eigenvalue weighted by atomic mass is 9.70. The van der Waals surface area contributed by atoms with Crippen LogP contribution in [0, 0.1) is 46.8 Å². The SMILES string of the molecule is CC(C)C1CCCCC1C.CC1CCC(C(C)(C)C)CC1.CC1CCCC(C)C1. The summed E-state index contributed by atoms with van der Waals surface area (Å²) in [7, 11) is 0. The molecule has 0 aromatic heterocycles. The van der Waals surface area contributed by atoms with Crippen molar-refractivity contribution in [3.63, 3.8) is 0 Å². The molecule has 0 heteroatoms. The second kappa shape index (κ2) is 13.4. The van der Waals surface area contributed by atoms with Gasteiger partial charge in [0.05, 0.1) is 0 Å². The summed E-state index contributed by atoms with van der Waals surface area (Å²) in [6.45, 7) is 21.4. The Kier molecular flexibility index (Phi) is 12.5. The molecule has 0 bridgehead atoms. The quantitative estimate of drug-likeness (QED) is 0.406. The van der Waals surface area contributed by atoms with Gasteiger partial charge >= 0.3 is 0 Å². The van der Waals surface area contributed by atoms with Crippen LogP contribution in [0.4, 0.5) is 0 Å².